The molecule has 0 bridgehead atoms. The summed E-state index contributed by atoms with van der Waals surface area (Å²) in [6.07, 6.45) is 6.41. The van der Waals surface area contributed by atoms with Crippen LogP contribution in [0.25, 0.3) is 43.8 Å². The molecule has 1 nitrogen and oxygen atoms in total. The van der Waals surface area contributed by atoms with E-state index in [1.807, 2.05) is 18.2 Å². The Labute approximate surface area is 182 Å². The predicted octanol–water partition coefficient (Wildman–Crippen LogP) is 6.84. The van der Waals surface area contributed by atoms with E-state index >= 15 is 0 Å². The van der Waals surface area contributed by atoms with Gasteiger partial charge in [-0.15, -0.1) is 6.42 Å². The van der Waals surface area contributed by atoms with Crippen molar-refractivity contribution < 1.29 is 5.11 Å². The predicted molar refractivity (Wildman–Crippen MR) is 131 cm³/mol. The third kappa shape index (κ3) is 3.19. The molecule has 0 saturated heterocycles. The van der Waals surface area contributed by atoms with Crippen molar-refractivity contribution in [3.8, 4) is 34.6 Å². The monoisotopic (exact) mass is 398 g/mol. The molecule has 1 heteroatoms. The van der Waals surface area contributed by atoms with Gasteiger partial charge in [0.15, 0.2) is 0 Å². The summed E-state index contributed by atoms with van der Waals surface area (Å²) in [5, 5.41) is 14.6. The Morgan fingerprint density at radius 2 is 1.16 bits per heavy atom. The van der Waals surface area contributed by atoms with Crippen LogP contribution in [0.4, 0.5) is 0 Å². The van der Waals surface area contributed by atoms with Gasteiger partial charge in [-0.1, -0.05) is 96.9 Å². The number of hydrogen-bond donors (Lipinski definition) is 1. The highest BCUT2D eigenvalue weighted by Gasteiger charge is 2.20. The number of hydrogen-bond acceptors (Lipinski definition) is 1. The standard InChI is InChI=1S/C30H22O/c1-2-21-17-18-27-28(22-11-5-3-6-12-22)25-15-9-10-16-26(25)29(23-13-7-4-8-14-23)30(27)24(21)19-20-31/h1,3-18,31H,19-20H2. The minimum absolute atomic E-state index is 0.0511. The quantitative estimate of drug-likeness (QED) is 0.259. The van der Waals surface area contributed by atoms with Crippen molar-refractivity contribution in [2.45, 2.75) is 6.42 Å². The fraction of sp³-hybridized carbons (Fsp3) is 0.0667. The van der Waals surface area contributed by atoms with Gasteiger partial charge in [0.25, 0.3) is 0 Å². The number of aliphatic hydroxyl groups is 1. The molecule has 0 heterocycles. The molecule has 0 radical (unpaired) electrons. The van der Waals surface area contributed by atoms with Crippen LogP contribution in [0, 0.1) is 12.3 Å². The van der Waals surface area contributed by atoms with Gasteiger partial charge in [0.1, 0.15) is 0 Å². The highest BCUT2D eigenvalue weighted by molar-refractivity contribution is 6.22. The van der Waals surface area contributed by atoms with E-state index in [-0.39, 0.29) is 6.61 Å². The van der Waals surface area contributed by atoms with Gasteiger partial charge in [0.2, 0.25) is 0 Å². The number of benzene rings is 5. The van der Waals surface area contributed by atoms with Gasteiger partial charge < -0.3 is 5.11 Å². The fourth-order valence-electron chi connectivity index (χ4n) is 4.67. The van der Waals surface area contributed by atoms with Gasteiger partial charge in [0, 0.05) is 12.2 Å². The minimum atomic E-state index is 0.0511. The van der Waals surface area contributed by atoms with Crippen LogP contribution in [-0.2, 0) is 6.42 Å². The SMILES string of the molecule is C#Cc1ccc2c(-c3ccccc3)c3ccccc3c(-c3ccccc3)c2c1CCO. The topological polar surface area (TPSA) is 20.2 Å². The van der Waals surface area contributed by atoms with Crippen molar-refractivity contribution in [3.05, 3.63) is 108 Å². The first-order valence-corrected chi connectivity index (χ1v) is 10.5. The lowest BCUT2D eigenvalue weighted by molar-refractivity contribution is 0.300. The van der Waals surface area contributed by atoms with E-state index in [0.29, 0.717) is 6.42 Å². The molecular formula is C30H22O. The van der Waals surface area contributed by atoms with Gasteiger partial charge in [0.05, 0.1) is 0 Å². The van der Waals surface area contributed by atoms with Crippen LogP contribution in [0.1, 0.15) is 11.1 Å². The molecule has 0 aliphatic heterocycles. The van der Waals surface area contributed by atoms with E-state index in [9.17, 15) is 5.11 Å². The number of aliphatic hydroxyl groups excluding tert-OH is 1. The Bertz CT molecular complexity index is 1420. The van der Waals surface area contributed by atoms with Crippen molar-refractivity contribution >= 4 is 21.5 Å². The van der Waals surface area contributed by atoms with Crippen LogP contribution >= 0.6 is 0 Å². The zero-order valence-corrected chi connectivity index (χ0v) is 17.2. The molecule has 5 rings (SSSR count). The summed E-state index contributed by atoms with van der Waals surface area (Å²) in [7, 11) is 0. The maximum atomic E-state index is 9.89. The third-order valence-corrected chi connectivity index (χ3v) is 5.94. The number of terminal acetylenes is 1. The van der Waals surface area contributed by atoms with Crippen LogP contribution in [0.5, 0.6) is 0 Å². The molecule has 0 amide bonds. The number of rotatable bonds is 4. The molecule has 0 aliphatic rings. The lowest BCUT2D eigenvalue weighted by Gasteiger charge is -2.21. The molecule has 0 fully saturated rings. The molecule has 0 spiro atoms. The molecule has 5 aromatic carbocycles. The second kappa shape index (κ2) is 8.11. The first-order valence-electron chi connectivity index (χ1n) is 10.5. The Hall–Kier alpha value is -3.86. The van der Waals surface area contributed by atoms with Crippen molar-refractivity contribution in [2.75, 3.05) is 6.61 Å². The third-order valence-electron chi connectivity index (χ3n) is 5.94. The molecule has 31 heavy (non-hydrogen) atoms. The Morgan fingerprint density at radius 3 is 1.74 bits per heavy atom. The van der Waals surface area contributed by atoms with Gasteiger partial charge in [-0.3, -0.25) is 0 Å². The summed E-state index contributed by atoms with van der Waals surface area (Å²) in [6, 6.07) is 33.7. The van der Waals surface area contributed by atoms with Gasteiger partial charge in [-0.25, -0.2) is 0 Å². The minimum Gasteiger partial charge on any atom is -0.396 e. The highest BCUT2D eigenvalue weighted by Crippen LogP contribution is 2.45. The van der Waals surface area contributed by atoms with E-state index in [1.165, 1.54) is 27.5 Å². The molecule has 5 aromatic rings. The molecule has 0 unspecified atom stereocenters. The second-order valence-corrected chi connectivity index (χ2v) is 7.66. The van der Waals surface area contributed by atoms with Crippen molar-refractivity contribution in [2.24, 2.45) is 0 Å². The van der Waals surface area contributed by atoms with Crippen LogP contribution in [0.15, 0.2) is 97.1 Å². The first-order chi connectivity index (χ1) is 15.3. The lowest BCUT2D eigenvalue weighted by Crippen LogP contribution is -2.00. The average Bonchev–Trinajstić information content (AvgIpc) is 2.84. The van der Waals surface area contributed by atoms with Gasteiger partial charge in [-0.05, 0) is 61.8 Å². The van der Waals surface area contributed by atoms with Crippen LogP contribution in [-0.4, -0.2) is 11.7 Å². The molecule has 1 N–H and O–H groups in total. The average molecular weight is 399 g/mol. The highest BCUT2D eigenvalue weighted by atomic mass is 16.2. The molecule has 0 atom stereocenters. The summed E-state index contributed by atoms with van der Waals surface area (Å²) in [5.41, 5.74) is 6.57. The molecule has 0 saturated carbocycles. The van der Waals surface area contributed by atoms with Crippen LogP contribution in [0.3, 0.4) is 0 Å². The fourth-order valence-corrected chi connectivity index (χ4v) is 4.67. The van der Waals surface area contributed by atoms with Crippen molar-refractivity contribution in [1.29, 1.82) is 0 Å². The van der Waals surface area contributed by atoms with Crippen molar-refractivity contribution in [1.82, 2.24) is 0 Å². The Kier molecular flexibility index (Phi) is 5.00. The van der Waals surface area contributed by atoms with E-state index in [2.05, 4.69) is 84.8 Å². The largest absolute Gasteiger partial charge is 0.396 e. The van der Waals surface area contributed by atoms with Gasteiger partial charge in [-0.2, -0.15) is 0 Å². The van der Waals surface area contributed by atoms with Crippen molar-refractivity contribution in [3.63, 3.8) is 0 Å². The Morgan fingerprint density at radius 1 is 0.613 bits per heavy atom. The molecule has 0 aromatic heterocycles. The summed E-state index contributed by atoms with van der Waals surface area (Å²) < 4.78 is 0. The zero-order valence-electron chi connectivity index (χ0n) is 17.2. The van der Waals surface area contributed by atoms with Crippen LogP contribution in [0.2, 0.25) is 0 Å². The normalized spacial score (nSPS) is 11.0. The molecule has 0 aliphatic carbocycles. The molecule has 148 valence electrons. The summed E-state index contributed by atoms with van der Waals surface area (Å²) in [5.74, 6) is 2.85. The second-order valence-electron chi connectivity index (χ2n) is 7.66. The van der Waals surface area contributed by atoms with E-state index in [0.717, 1.165) is 27.5 Å². The number of fused-ring (bicyclic) bond motifs is 2. The zero-order chi connectivity index (χ0) is 21.2. The van der Waals surface area contributed by atoms with E-state index < -0.39 is 0 Å². The summed E-state index contributed by atoms with van der Waals surface area (Å²) in [4.78, 5) is 0. The summed E-state index contributed by atoms with van der Waals surface area (Å²) in [6.45, 7) is 0.0511. The van der Waals surface area contributed by atoms with Crippen LogP contribution < -0.4 is 0 Å². The van der Waals surface area contributed by atoms with E-state index in [1.54, 1.807) is 0 Å². The Balaban J connectivity index is 2.08. The summed E-state index contributed by atoms with van der Waals surface area (Å²) >= 11 is 0. The first kappa shape index (κ1) is 19.1. The lowest BCUT2D eigenvalue weighted by atomic mass is 9.82. The smallest absolute Gasteiger partial charge is 0.0472 e. The molecular weight excluding hydrogens is 376 g/mol. The maximum Gasteiger partial charge on any atom is 0.0472 e. The maximum absolute atomic E-state index is 9.89. The van der Waals surface area contributed by atoms with E-state index in [4.69, 9.17) is 6.42 Å². The van der Waals surface area contributed by atoms with Gasteiger partial charge >= 0.3 is 0 Å².